The molecule has 12 atom stereocenters. The van der Waals surface area contributed by atoms with Crippen molar-refractivity contribution in [2.24, 2.45) is 39.4 Å². The number of Topliss-reactive ketones (excluding diaryl/α,β-unsaturated/α-hetero) is 3. The van der Waals surface area contributed by atoms with Crippen LogP contribution in [0.1, 0.15) is 93.9 Å². The number of hydrogen-bond donors (Lipinski definition) is 6. The number of rotatable bonds is 8. The summed E-state index contributed by atoms with van der Waals surface area (Å²) >= 11 is 0. The van der Waals surface area contributed by atoms with Crippen molar-refractivity contribution in [2.75, 3.05) is 6.61 Å². The Labute approximate surface area is 277 Å². The predicted molar refractivity (Wildman–Crippen MR) is 169 cm³/mol. The van der Waals surface area contributed by atoms with E-state index < -0.39 is 82.0 Å². The molecule has 2 saturated carbocycles. The van der Waals surface area contributed by atoms with E-state index in [1.165, 1.54) is 0 Å². The van der Waals surface area contributed by atoms with Crippen molar-refractivity contribution in [3.63, 3.8) is 0 Å². The molecule has 11 nitrogen and oxygen atoms in total. The first-order valence-corrected chi connectivity index (χ1v) is 16.9. The Morgan fingerprint density at radius 3 is 2.23 bits per heavy atom. The highest BCUT2D eigenvalue weighted by Gasteiger charge is 2.72. The Morgan fingerprint density at radius 2 is 1.64 bits per heavy atom. The number of hydrogen-bond acceptors (Lipinski definition) is 11. The fraction of sp³-hybridized carbons (Fsp3) is 0.806. The fourth-order valence-electron chi connectivity index (χ4n) is 10.0. The van der Waals surface area contributed by atoms with Crippen LogP contribution in [-0.2, 0) is 23.9 Å². The lowest BCUT2D eigenvalue weighted by Crippen LogP contribution is -2.64. The number of ketones is 3. The molecule has 0 unspecified atom stereocenters. The third-order valence-corrected chi connectivity index (χ3v) is 13.3. The minimum absolute atomic E-state index is 0.0220. The van der Waals surface area contributed by atoms with Crippen molar-refractivity contribution in [3.05, 3.63) is 23.5 Å². The van der Waals surface area contributed by atoms with Gasteiger partial charge in [0.25, 0.3) is 0 Å². The molecule has 1 saturated heterocycles. The molecule has 5 rings (SSSR count). The maximum Gasteiger partial charge on any atom is 0.229 e. The van der Waals surface area contributed by atoms with Crippen LogP contribution in [-0.4, -0.2) is 96.5 Å². The third kappa shape index (κ3) is 5.30. The van der Waals surface area contributed by atoms with Crippen LogP contribution >= 0.6 is 0 Å². The molecule has 264 valence electrons. The molecule has 5 aliphatic rings. The van der Waals surface area contributed by atoms with Crippen molar-refractivity contribution in [1.82, 2.24) is 0 Å². The van der Waals surface area contributed by atoms with Gasteiger partial charge < -0.3 is 40.1 Å². The molecule has 0 aromatic carbocycles. The Hall–Kier alpha value is -1.99. The number of carbonyl (C=O) groups excluding carboxylic acids is 3. The first-order chi connectivity index (χ1) is 21.5. The van der Waals surface area contributed by atoms with Crippen molar-refractivity contribution >= 4 is 17.3 Å². The van der Waals surface area contributed by atoms with Gasteiger partial charge in [-0.05, 0) is 83.1 Å². The zero-order valence-corrected chi connectivity index (χ0v) is 28.9. The van der Waals surface area contributed by atoms with E-state index in [0.717, 1.165) is 5.57 Å². The second kappa shape index (κ2) is 11.5. The number of ether oxygens (including phenoxy) is 2. The second-order valence-electron chi connectivity index (χ2n) is 16.9. The zero-order chi connectivity index (χ0) is 35.3. The Balaban J connectivity index is 1.51. The largest absolute Gasteiger partial charge is 0.459 e. The summed E-state index contributed by atoms with van der Waals surface area (Å²) in [5.41, 5.74) is -5.14. The van der Waals surface area contributed by atoms with E-state index in [1.807, 2.05) is 13.8 Å². The summed E-state index contributed by atoms with van der Waals surface area (Å²) in [5.74, 6) is -2.10. The van der Waals surface area contributed by atoms with Crippen LogP contribution in [0, 0.1) is 39.4 Å². The van der Waals surface area contributed by atoms with E-state index in [9.17, 15) is 45.0 Å². The Bertz CT molecular complexity index is 1370. The molecule has 0 bridgehead atoms. The standard InChI is InChI=1S/C36H54O11/c1-31(2,44)13-12-24(38)36(8,45)23-11-14-33(5)22-10-9-18-19(35(22,7)25(39)16-34(23,33)6)15-20(29(43)32(18,3)4)46-30-28(42)27(41)26(40)21(17-37)47-30/h9,15,19,21-23,26-28,30,37,40-42,44-45H,10-14,16-17H2,1-8H3/t19-,21-,22+,23+,26-,27+,28-,30-,33+,34-,35+,36-/m1/s1. The second-order valence-corrected chi connectivity index (χ2v) is 16.9. The van der Waals surface area contributed by atoms with E-state index in [4.69, 9.17) is 9.47 Å². The average Bonchev–Trinajstić information content (AvgIpc) is 3.25. The van der Waals surface area contributed by atoms with Crippen molar-refractivity contribution in [1.29, 1.82) is 0 Å². The van der Waals surface area contributed by atoms with Gasteiger partial charge in [0.05, 0.1) is 17.6 Å². The number of fused-ring (bicyclic) bond motifs is 5. The number of carbonyl (C=O) groups is 3. The van der Waals surface area contributed by atoms with Crippen LogP contribution in [0.3, 0.4) is 0 Å². The summed E-state index contributed by atoms with van der Waals surface area (Å²) in [6.07, 6.45) is -1.92. The third-order valence-electron chi connectivity index (χ3n) is 13.3. The molecule has 0 amide bonds. The van der Waals surface area contributed by atoms with Crippen molar-refractivity contribution < 1.29 is 54.5 Å². The molecule has 3 fully saturated rings. The molecule has 6 N–H and O–H groups in total. The summed E-state index contributed by atoms with van der Waals surface area (Å²) in [7, 11) is 0. The Kier molecular flexibility index (Phi) is 8.91. The zero-order valence-electron chi connectivity index (χ0n) is 28.9. The number of aliphatic hydroxyl groups is 6. The predicted octanol–water partition coefficient (Wildman–Crippen LogP) is 2.13. The fourth-order valence-corrected chi connectivity index (χ4v) is 10.0. The molecule has 11 heteroatoms. The lowest BCUT2D eigenvalue weighted by atomic mass is 9.39. The van der Waals surface area contributed by atoms with E-state index in [-0.39, 0.29) is 48.3 Å². The van der Waals surface area contributed by atoms with E-state index >= 15 is 0 Å². The van der Waals surface area contributed by atoms with Crippen LogP contribution in [0.4, 0.5) is 0 Å². The van der Waals surface area contributed by atoms with E-state index in [1.54, 1.807) is 40.7 Å². The number of allylic oxidation sites excluding steroid dienone is 4. The summed E-state index contributed by atoms with van der Waals surface area (Å²) < 4.78 is 11.5. The van der Waals surface area contributed by atoms with Gasteiger partial charge in [0, 0.05) is 30.1 Å². The lowest BCUT2D eigenvalue weighted by Gasteiger charge is -2.64. The monoisotopic (exact) mass is 662 g/mol. The minimum Gasteiger partial charge on any atom is -0.459 e. The molecule has 47 heavy (non-hydrogen) atoms. The van der Waals surface area contributed by atoms with Gasteiger partial charge in [-0.15, -0.1) is 0 Å². The summed E-state index contributed by atoms with van der Waals surface area (Å²) in [4.78, 5) is 42.0. The summed E-state index contributed by atoms with van der Waals surface area (Å²) in [6.45, 7) is 13.8. The molecular weight excluding hydrogens is 608 g/mol. The SMILES string of the molecule is CC(C)(O)CCC(=O)[C@](C)(O)[C@H]1CC[C@@]2(C)[C@@H]3CC=C4[C@@H](C=C(O[C@@H]5O[C@H](CO)[C@@H](O)[C@H](O)[C@H]5O)C(=O)C4(C)C)[C@]3(C)C(=O)C[C@]12C. The van der Waals surface area contributed by atoms with Gasteiger partial charge >= 0.3 is 0 Å². The van der Waals surface area contributed by atoms with Gasteiger partial charge in [-0.2, -0.15) is 0 Å². The summed E-state index contributed by atoms with van der Waals surface area (Å²) in [6, 6.07) is 0. The highest BCUT2D eigenvalue weighted by atomic mass is 16.7. The first kappa shape index (κ1) is 36.3. The molecule has 0 aromatic heterocycles. The van der Waals surface area contributed by atoms with Crippen LogP contribution < -0.4 is 0 Å². The maximum atomic E-state index is 14.7. The van der Waals surface area contributed by atoms with Crippen LogP contribution in [0.15, 0.2) is 23.5 Å². The molecule has 0 radical (unpaired) electrons. The highest BCUT2D eigenvalue weighted by Crippen LogP contribution is 2.74. The van der Waals surface area contributed by atoms with Gasteiger partial charge in [-0.1, -0.05) is 32.4 Å². The molecular formula is C36H54O11. The number of aliphatic hydroxyl groups excluding tert-OH is 4. The molecule has 1 heterocycles. The molecule has 0 spiro atoms. The quantitative estimate of drug-likeness (QED) is 0.209. The van der Waals surface area contributed by atoms with Gasteiger partial charge in [-0.25, -0.2) is 0 Å². The minimum atomic E-state index is -1.71. The molecule has 0 aromatic rings. The van der Waals surface area contributed by atoms with Crippen LogP contribution in [0.2, 0.25) is 0 Å². The molecule has 4 aliphatic carbocycles. The van der Waals surface area contributed by atoms with Gasteiger partial charge in [0.15, 0.2) is 11.5 Å². The maximum absolute atomic E-state index is 14.7. The topological polar surface area (TPSA) is 191 Å². The first-order valence-electron chi connectivity index (χ1n) is 16.9. The van der Waals surface area contributed by atoms with Gasteiger partial charge in [-0.3, -0.25) is 14.4 Å². The lowest BCUT2D eigenvalue weighted by molar-refractivity contribution is -0.291. The van der Waals surface area contributed by atoms with Crippen molar-refractivity contribution in [3.8, 4) is 0 Å². The van der Waals surface area contributed by atoms with Crippen LogP contribution in [0.5, 0.6) is 0 Å². The van der Waals surface area contributed by atoms with Crippen LogP contribution in [0.25, 0.3) is 0 Å². The van der Waals surface area contributed by atoms with Gasteiger partial charge in [0.2, 0.25) is 12.1 Å². The Morgan fingerprint density at radius 1 is 1.00 bits per heavy atom. The average molecular weight is 663 g/mol. The van der Waals surface area contributed by atoms with E-state index in [0.29, 0.717) is 19.3 Å². The van der Waals surface area contributed by atoms with Crippen molar-refractivity contribution in [2.45, 2.75) is 136 Å². The summed E-state index contributed by atoms with van der Waals surface area (Å²) in [5, 5.41) is 62.9. The van der Waals surface area contributed by atoms with E-state index in [2.05, 4.69) is 13.0 Å². The molecule has 1 aliphatic heterocycles. The smallest absolute Gasteiger partial charge is 0.229 e. The highest BCUT2D eigenvalue weighted by molar-refractivity contribution is 6.02. The van der Waals surface area contributed by atoms with Gasteiger partial charge in [0.1, 0.15) is 35.8 Å². The normalized spacial score (nSPS) is 44.4.